The number of carbonyl (C=O) groups excluding carboxylic acids is 1. The summed E-state index contributed by atoms with van der Waals surface area (Å²) in [6, 6.07) is 0. The molecule has 0 fully saturated rings. The molecule has 0 spiro atoms. The average molecular weight is 327 g/mol. The molecule has 0 N–H and O–H groups in total. The SMILES string of the molecule is CCCCCCCCC/C=C/CCCCC(=O)O[Si](C)(C)C. The number of carbonyl (C=O) groups is 1. The third kappa shape index (κ3) is 17.5. The quantitative estimate of drug-likeness (QED) is 0.204. The standard InChI is InChI=1S/C19H38O2Si/c1-5-6-7-8-9-10-11-12-13-14-15-16-17-18-19(20)21-22(2,3)4/h13-14H,5-12,15-18H2,1-4H3/b14-13+. The zero-order valence-corrected chi connectivity index (χ0v) is 16.5. The average Bonchev–Trinajstić information content (AvgIpc) is 2.42. The van der Waals surface area contributed by atoms with E-state index in [0.29, 0.717) is 6.42 Å². The zero-order chi connectivity index (χ0) is 16.7. The highest BCUT2D eigenvalue weighted by Crippen LogP contribution is 2.10. The molecule has 0 amide bonds. The second kappa shape index (κ2) is 14.0. The molecule has 0 atom stereocenters. The fourth-order valence-electron chi connectivity index (χ4n) is 2.38. The zero-order valence-electron chi connectivity index (χ0n) is 15.5. The summed E-state index contributed by atoms with van der Waals surface area (Å²) in [4.78, 5) is 11.6. The Morgan fingerprint density at radius 3 is 1.86 bits per heavy atom. The first-order chi connectivity index (χ1) is 10.5. The highest BCUT2D eigenvalue weighted by Gasteiger charge is 2.19. The molecule has 22 heavy (non-hydrogen) atoms. The van der Waals surface area contributed by atoms with E-state index in [1.165, 1.54) is 51.4 Å². The molecule has 0 aliphatic rings. The molecule has 130 valence electrons. The maximum Gasteiger partial charge on any atom is 0.292 e. The van der Waals surface area contributed by atoms with Crippen molar-refractivity contribution in [3.63, 3.8) is 0 Å². The molecule has 0 bridgehead atoms. The van der Waals surface area contributed by atoms with Crippen molar-refractivity contribution < 1.29 is 9.22 Å². The first kappa shape index (κ1) is 21.4. The topological polar surface area (TPSA) is 26.3 Å². The molecule has 0 saturated heterocycles. The minimum absolute atomic E-state index is 0.00813. The van der Waals surface area contributed by atoms with Crippen LogP contribution in [0.2, 0.25) is 19.6 Å². The van der Waals surface area contributed by atoms with Gasteiger partial charge >= 0.3 is 0 Å². The summed E-state index contributed by atoms with van der Waals surface area (Å²) in [5, 5.41) is 0. The molecule has 0 saturated carbocycles. The van der Waals surface area contributed by atoms with E-state index in [1.54, 1.807) is 0 Å². The van der Waals surface area contributed by atoms with Crippen molar-refractivity contribution in [2.45, 2.75) is 104 Å². The van der Waals surface area contributed by atoms with Crippen LogP contribution >= 0.6 is 0 Å². The number of allylic oxidation sites excluding steroid dienone is 2. The molecule has 3 heteroatoms. The van der Waals surface area contributed by atoms with E-state index in [9.17, 15) is 4.79 Å². The first-order valence-electron chi connectivity index (χ1n) is 9.32. The fourth-order valence-corrected chi connectivity index (χ4v) is 3.16. The normalized spacial score (nSPS) is 12.0. The Morgan fingerprint density at radius 1 is 0.818 bits per heavy atom. The summed E-state index contributed by atoms with van der Waals surface area (Å²) in [5.41, 5.74) is 0. The largest absolute Gasteiger partial charge is 0.520 e. The number of rotatable bonds is 14. The van der Waals surface area contributed by atoms with E-state index < -0.39 is 8.32 Å². The third-order valence-corrected chi connectivity index (χ3v) is 4.40. The summed E-state index contributed by atoms with van der Waals surface area (Å²) in [7, 11) is -1.69. The van der Waals surface area contributed by atoms with E-state index >= 15 is 0 Å². The lowest BCUT2D eigenvalue weighted by molar-refractivity contribution is -0.135. The molecule has 0 aliphatic heterocycles. The van der Waals surface area contributed by atoms with Gasteiger partial charge in [-0.15, -0.1) is 0 Å². The van der Waals surface area contributed by atoms with E-state index in [0.717, 1.165) is 19.3 Å². The Morgan fingerprint density at radius 2 is 1.32 bits per heavy atom. The van der Waals surface area contributed by atoms with Crippen LogP contribution < -0.4 is 0 Å². The second-order valence-electron chi connectivity index (χ2n) is 7.21. The van der Waals surface area contributed by atoms with Crippen LogP contribution in [0.5, 0.6) is 0 Å². The van der Waals surface area contributed by atoms with Crippen LogP contribution in [0.25, 0.3) is 0 Å². The minimum Gasteiger partial charge on any atom is -0.520 e. The van der Waals surface area contributed by atoms with E-state index in [4.69, 9.17) is 4.43 Å². The molecule has 0 aliphatic carbocycles. The predicted molar refractivity (Wildman–Crippen MR) is 99.7 cm³/mol. The van der Waals surface area contributed by atoms with Gasteiger partial charge in [-0.25, -0.2) is 0 Å². The van der Waals surface area contributed by atoms with Gasteiger partial charge in [0.05, 0.1) is 0 Å². The van der Waals surface area contributed by atoms with Crippen LogP contribution in [-0.2, 0) is 9.22 Å². The van der Waals surface area contributed by atoms with Gasteiger partial charge in [0.25, 0.3) is 5.97 Å². The molecule has 0 aromatic heterocycles. The highest BCUT2D eigenvalue weighted by molar-refractivity contribution is 6.71. The van der Waals surface area contributed by atoms with Gasteiger partial charge in [0.1, 0.15) is 0 Å². The molecular weight excluding hydrogens is 288 g/mol. The Hall–Kier alpha value is -0.573. The third-order valence-electron chi connectivity index (χ3n) is 3.56. The Kier molecular flexibility index (Phi) is 13.7. The van der Waals surface area contributed by atoms with E-state index in [1.807, 2.05) is 0 Å². The Labute approximate surface area is 139 Å². The first-order valence-corrected chi connectivity index (χ1v) is 12.7. The molecular formula is C19H38O2Si. The maximum absolute atomic E-state index is 11.6. The van der Waals surface area contributed by atoms with Crippen LogP contribution in [-0.4, -0.2) is 14.3 Å². The summed E-state index contributed by atoms with van der Waals surface area (Å²) >= 11 is 0. The molecule has 0 radical (unpaired) electrons. The van der Waals surface area contributed by atoms with E-state index in [-0.39, 0.29) is 5.97 Å². The maximum atomic E-state index is 11.6. The molecule has 0 aromatic rings. The lowest BCUT2D eigenvalue weighted by Gasteiger charge is -2.16. The van der Waals surface area contributed by atoms with Crippen molar-refractivity contribution in [1.82, 2.24) is 0 Å². The molecule has 0 unspecified atom stereocenters. The fraction of sp³-hybridized carbons (Fsp3) is 0.842. The van der Waals surface area contributed by atoms with Crippen molar-refractivity contribution in [2.24, 2.45) is 0 Å². The van der Waals surface area contributed by atoms with Gasteiger partial charge in [0.15, 0.2) is 0 Å². The van der Waals surface area contributed by atoms with Crippen LogP contribution in [0, 0.1) is 0 Å². The Bertz CT molecular complexity index is 292. The van der Waals surface area contributed by atoms with Crippen molar-refractivity contribution >= 4 is 14.3 Å². The minimum atomic E-state index is -1.69. The van der Waals surface area contributed by atoms with Gasteiger partial charge in [-0.3, -0.25) is 4.79 Å². The highest BCUT2D eigenvalue weighted by atomic mass is 28.4. The molecule has 0 rings (SSSR count). The summed E-state index contributed by atoms with van der Waals surface area (Å²) in [6.45, 7) is 8.42. The molecule has 0 heterocycles. The van der Waals surface area contributed by atoms with Gasteiger partial charge in [-0.1, -0.05) is 57.6 Å². The van der Waals surface area contributed by atoms with Crippen molar-refractivity contribution in [3.8, 4) is 0 Å². The summed E-state index contributed by atoms with van der Waals surface area (Å²) in [6.07, 6.45) is 19.2. The summed E-state index contributed by atoms with van der Waals surface area (Å²) in [5.74, 6) is -0.00813. The molecule has 2 nitrogen and oxygen atoms in total. The van der Waals surface area contributed by atoms with Crippen molar-refractivity contribution in [1.29, 1.82) is 0 Å². The van der Waals surface area contributed by atoms with Gasteiger partial charge in [0, 0.05) is 6.42 Å². The number of hydrogen-bond acceptors (Lipinski definition) is 2. The Balaban J connectivity index is 3.29. The van der Waals surface area contributed by atoms with Gasteiger partial charge in [-0.2, -0.15) is 0 Å². The monoisotopic (exact) mass is 326 g/mol. The van der Waals surface area contributed by atoms with Gasteiger partial charge in [-0.05, 0) is 51.7 Å². The van der Waals surface area contributed by atoms with Gasteiger partial charge < -0.3 is 4.43 Å². The van der Waals surface area contributed by atoms with Crippen LogP contribution in [0.15, 0.2) is 12.2 Å². The lowest BCUT2D eigenvalue weighted by Crippen LogP contribution is -2.28. The lowest BCUT2D eigenvalue weighted by atomic mass is 10.1. The van der Waals surface area contributed by atoms with Crippen molar-refractivity contribution in [3.05, 3.63) is 12.2 Å². The van der Waals surface area contributed by atoms with Crippen LogP contribution in [0.3, 0.4) is 0 Å². The second-order valence-corrected chi connectivity index (χ2v) is 11.6. The van der Waals surface area contributed by atoms with Crippen LogP contribution in [0.4, 0.5) is 0 Å². The number of hydrogen-bond donors (Lipinski definition) is 0. The van der Waals surface area contributed by atoms with E-state index in [2.05, 4.69) is 38.7 Å². The van der Waals surface area contributed by atoms with Crippen LogP contribution in [0.1, 0.15) is 84.0 Å². The summed E-state index contributed by atoms with van der Waals surface area (Å²) < 4.78 is 5.43. The predicted octanol–water partition coefficient (Wildman–Crippen LogP) is 6.62. The number of unbranched alkanes of at least 4 members (excludes halogenated alkanes) is 9. The van der Waals surface area contributed by atoms with Gasteiger partial charge in [0.2, 0.25) is 8.32 Å². The molecule has 0 aromatic carbocycles. The van der Waals surface area contributed by atoms with Crippen molar-refractivity contribution in [2.75, 3.05) is 0 Å². The smallest absolute Gasteiger partial charge is 0.292 e.